The summed E-state index contributed by atoms with van der Waals surface area (Å²) in [6.07, 6.45) is 4.49. The largest absolute Gasteiger partial charge is 0.314 e. The number of benzene rings is 1. The van der Waals surface area contributed by atoms with Crippen LogP contribution in [0.25, 0.3) is 0 Å². The van der Waals surface area contributed by atoms with Gasteiger partial charge in [-0.25, -0.2) is 0 Å². The molecule has 1 saturated heterocycles. The maximum Gasteiger partial charge on any atom is 0.230 e. The van der Waals surface area contributed by atoms with Crippen molar-refractivity contribution in [3.63, 3.8) is 0 Å². The van der Waals surface area contributed by atoms with Gasteiger partial charge in [-0.2, -0.15) is 0 Å². The number of nitrogens with one attached hydrogen (secondary N) is 1. The Morgan fingerprint density at radius 2 is 1.95 bits per heavy atom. The van der Waals surface area contributed by atoms with E-state index in [-0.39, 0.29) is 18.3 Å². The Kier molecular flexibility index (Phi) is 5.65. The van der Waals surface area contributed by atoms with Gasteiger partial charge in [0, 0.05) is 24.2 Å². The number of amides is 1. The first-order valence-corrected chi connectivity index (χ1v) is 7.84. The van der Waals surface area contributed by atoms with E-state index < -0.39 is 0 Å². The zero-order valence-electron chi connectivity index (χ0n) is 12.6. The van der Waals surface area contributed by atoms with Gasteiger partial charge in [-0.05, 0) is 57.2 Å². The zero-order chi connectivity index (χ0) is 13.9. The van der Waals surface area contributed by atoms with E-state index in [9.17, 15) is 4.79 Å². The number of rotatable bonds is 4. The average Bonchev–Trinajstić information content (AvgIpc) is 3.29. The smallest absolute Gasteiger partial charge is 0.230 e. The first-order valence-electron chi connectivity index (χ1n) is 7.84. The molecule has 1 aromatic carbocycles. The van der Waals surface area contributed by atoms with Gasteiger partial charge in [0.1, 0.15) is 0 Å². The molecule has 1 aliphatic heterocycles. The predicted molar refractivity (Wildman–Crippen MR) is 89.0 cm³/mol. The van der Waals surface area contributed by atoms with Crippen LogP contribution < -0.4 is 10.2 Å². The molecule has 1 heterocycles. The van der Waals surface area contributed by atoms with Crippen molar-refractivity contribution in [1.82, 2.24) is 5.32 Å². The molecule has 0 aromatic heterocycles. The molecule has 4 heteroatoms. The van der Waals surface area contributed by atoms with Crippen molar-refractivity contribution in [2.45, 2.75) is 38.6 Å². The first kappa shape index (κ1) is 16.3. The Labute approximate surface area is 133 Å². The number of para-hydroxylation sites is 1. The normalized spacial score (nSPS) is 25.0. The summed E-state index contributed by atoms with van der Waals surface area (Å²) < 4.78 is 0. The van der Waals surface area contributed by atoms with Gasteiger partial charge in [0.15, 0.2) is 0 Å². The standard InChI is InChI=1S/C17H24N2O.ClH/c1-13-11-15(9-10-18-13)17(20)19(12-14-7-8-14)16-5-3-2-4-6-16;/h2-6,13-15,18H,7-12H2,1H3;1H/t13-,15-;/m0./s1. The third-order valence-electron chi connectivity index (χ3n) is 4.44. The van der Waals surface area contributed by atoms with Gasteiger partial charge in [0.25, 0.3) is 0 Å². The highest BCUT2D eigenvalue weighted by Crippen LogP contribution is 2.33. The second-order valence-electron chi connectivity index (χ2n) is 6.30. The molecule has 2 atom stereocenters. The Balaban J connectivity index is 0.00000161. The quantitative estimate of drug-likeness (QED) is 0.926. The predicted octanol–water partition coefficient (Wildman–Crippen LogP) is 3.24. The molecule has 1 saturated carbocycles. The Morgan fingerprint density at radius 1 is 1.24 bits per heavy atom. The summed E-state index contributed by atoms with van der Waals surface area (Å²) in [7, 11) is 0. The number of hydrogen-bond donors (Lipinski definition) is 1. The average molecular weight is 309 g/mol. The number of nitrogens with zero attached hydrogens (tertiary/aromatic N) is 1. The molecule has 0 radical (unpaired) electrons. The molecule has 2 fully saturated rings. The molecule has 0 unspecified atom stereocenters. The van der Waals surface area contributed by atoms with Gasteiger partial charge < -0.3 is 10.2 Å². The molecule has 0 bridgehead atoms. The molecule has 116 valence electrons. The highest BCUT2D eigenvalue weighted by atomic mass is 35.5. The summed E-state index contributed by atoms with van der Waals surface area (Å²) >= 11 is 0. The molecule has 21 heavy (non-hydrogen) atoms. The summed E-state index contributed by atoms with van der Waals surface area (Å²) in [4.78, 5) is 14.9. The maximum absolute atomic E-state index is 12.9. The fourth-order valence-electron chi connectivity index (χ4n) is 3.07. The van der Waals surface area contributed by atoms with E-state index in [0.29, 0.717) is 11.9 Å². The van der Waals surface area contributed by atoms with Gasteiger partial charge in [0.2, 0.25) is 5.91 Å². The van der Waals surface area contributed by atoms with Crippen LogP contribution in [0.5, 0.6) is 0 Å². The zero-order valence-corrected chi connectivity index (χ0v) is 13.4. The highest BCUT2D eigenvalue weighted by Gasteiger charge is 2.33. The Bertz CT molecular complexity index is 461. The van der Waals surface area contributed by atoms with E-state index >= 15 is 0 Å². The van der Waals surface area contributed by atoms with Crippen LogP contribution in [0.15, 0.2) is 30.3 Å². The maximum atomic E-state index is 12.9. The molecule has 0 spiro atoms. The number of carbonyl (C=O) groups excluding carboxylic acids is 1. The van der Waals surface area contributed by atoms with Gasteiger partial charge in [0.05, 0.1) is 0 Å². The molecule has 1 aromatic rings. The lowest BCUT2D eigenvalue weighted by molar-refractivity contribution is -0.123. The van der Waals surface area contributed by atoms with Gasteiger partial charge >= 0.3 is 0 Å². The van der Waals surface area contributed by atoms with E-state index in [1.165, 1.54) is 12.8 Å². The lowest BCUT2D eigenvalue weighted by Crippen LogP contribution is -2.45. The topological polar surface area (TPSA) is 32.3 Å². The molecule has 2 aliphatic rings. The summed E-state index contributed by atoms with van der Waals surface area (Å²) in [5.41, 5.74) is 1.07. The van der Waals surface area contributed by atoms with Crippen molar-refractivity contribution < 1.29 is 4.79 Å². The third kappa shape index (κ3) is 4.21. The van der Waals surface area contributed by atoms with Gasteiger partial charge in [-0.1, -0.05) is 18.2 Å². The molecule has 1 N–H and O–H groups in total. The lowest BCUT2D eigenvalue weighted by Gasteiger charge is -2.32. The number of carbonyl (C=O) groups is 1. The minimum Gasteiger partial charge on any atom is -0.314 e. The van der Waals surface area contributed by atoms with Gasteiger partial charge in [-0.3, -0.25) is 4.79 Å². The van der Waals surface area contributed by atoms with Crippen molar-refractivity contribution in [3.8, 4) is 0 Å². The monoisotopic (exact) mass is 308 g/mol. The number of halogens is 1. The second-order valence-corrected chi connectivity index (χ2v) is 6.30. The van der Waals surface area contributed by atoms with Crippen LogP contribution >= 0.6 is 12.4 Å². The van der Waals surface area contributed by atoms with Crippen molar-refractivity contribution in [2.24, 2.45) is 11.8 Å². The second kappa shape index (κ2) is 7.28. The van der Waals surface area contributed by atoms with Crippen LogP contribution in [-0.2, 0) is 4.79 Å². The van der Waals surface area contributed by atoms with Crippen molar-refractivity contribution in [1.29, 1.82) is 0 Å². The summed E-state index contributed by atoms with van der Waals surface area (Å²) in [6, 6.07) is 10.6. The van der Waals surface area contributed by atoms with E-state index in [2.05, 4.69) is 24.4 Å². The minimum absolute atomic E-state index is 0. The fourth-order valence-corrected chi connectivity index (χ4v) is 3.07. The SMILES string of the molecule is C[C@H]1C[C@@H](C(=O)N(CC2CC2)c2ccccc2)CCN1.Cl. The highest BCUT2D eigenvalue weighted by molar-refractivity contribution is 5.95. The van der Waals surface area contributed by atoms with Crippen molar-refractivity contribution in [2.75, 3.05) is 18.0 Å². The van der Waals surface area contributed by atoms with E-state index in [4.69, 9.17) is 0 Å². The lowest BCUT2D eigenvalue weighted by atomic mass is 9.91. The molecular formula is C17H25ClN2O. The number of piperidine rings is 1. The molecular weight excluding hydrogens is 284 g/mol. The van der Waals surface area contributed by atoms with Crippen LogP contribution in [0, 0.1) is 11.8 Å². The summed E-state index contributed by atoms with van der Waals surface area (Å²) in [5.74, 6) is 1.24. The minimum atomic E-state index is 0. The fraction of sp³-hybridized carbons (Fsp3) is 0.588. The van der Waals surface area contributed by atoms with E-state index in [1.807, 2.05) is 23.1 Å². The van der Waals surface area contributed by atoms with Crippen LogP contribution in [0.2, 0.25) is 0 Å². The first-order chi connectivity index (χ1) is 9.74. The Hall–Kier alpha value is -1.06. The molecule has 1 aliphatic carbocycles. The van der Waals surface area contributed by atoms with Gasteiger partial charge in [-0.15, -0.1) is 12.4 Å². The molecule has 1 amide bonds. The van der Waals surface area contributed by atoms with Crippen LogP contribution in [-0.4, -0.2) is 25.0 Å². The Morgan fingerprint density at radius 3 is 2.57 bits per heavy atom. The number of anilines is 1. The van der Waals surface area contributed by atoms with Crippen LogP contribution in [0.4, 0.5) is 5.69 Å². The van der Waals surface area contributed by atoms with Crippen LogP contribution in [0.3, 0.4) is 0 Å². The number of hydrogen-bond acceptors (Lipinski definition) is 2. The molecule has 3 rings (SSSR count). The summed E-state index contributed by atoms with van der Waals surface area (Å²) in [5, 5.41) is 3.43. The van der Waals surface area contributed by atoms with Crippen LogP contribution in [0.1, 0.15) is 32.6 Å². The van der Waals surface area contributed by atoms with Crippen molar-refractivity contribution in [3.05, 3.63) is 30.3 Å². The summed E-state index contributed by atoms with van der Waals surface area (Å²) in [6.45, 7) is 4.04. The van der Waals surface area contributed by atoms with E-state index in [0.717, 1.165) is 37.5 Å². The van der Waals surface area contributed by atoms with Crippen molar-refractivity contribution >= 4 is 24.0 Å². The third-order valence-corrected chi connectivity index (χ3v) is 4.44. The molecule has 3 nitrogen and oxygen atoms in total. The van der Waals surface area contributed by atoms with E-state index in [1.54, 1.807) is 0 Å².